The zero-order chi connectivity index (χ0) is 14.5. The van der Waals surface area contributed by atoms with Crippen LogP contribution in [-0.2, 0) is 11.2 Å². The van der Waals surface area contributed by atoms with Crippen molar-refractivity contribution in [1.29, 1.82) is 0 Å². The van der Waals surface area contributed by atoms with Crippen LogP contribution in [0.5, 0.6) is 0 Å². The highest BCUT2D eigenvalue weighted by molar-refractivity contribution is 5.94. The molecule has 1 aromatic heterocycles. The third-order valence-corrected chi connectivity index (χ3v) is 2.75. The molecule has 0 bridgehead atoms. The van der Waals surface area contributed by atoms with Crippen LogP contribution in [0.2, 0.25) is 0 Å². The van der Waals surface area contributed by atoms with Gasteiger partial charge in [0, 0.05) is 12.5 Å². The number of nitrogens with zero attached hydrogens (tertiary/aromatic N) is 1. The van der Waals surface area contributed by atoms with E-state index in [1.807, 2.05) is 30.3 Å². The molecule has 0 saturated carbocycles. The first-order valence-electron chi connectivity index (χ1n) is 6.07. The molecule has 0 unspecified atom stereocenters. The molecule has 0 aliphatic heterocycles. The first-order valence-corrected chi connectivity index (χ1v) is 6.07. The van der Waals surface area contributed by atoms with Gasteiger partial charge in [0.15, 0.2) is 5.69 Å². The Hall–Kier alpha value is -2.63. The van der Waals surface area contributed by atoms with E-state index in [-0.39, 0.29) is 12.1 Å². The fourth-order valence-electron chi connectivity index (χ4n) is 1.76. The van der Waals surface area contributed by atoms with Gasteiger partial charge < -0.3 is 14.9 Å². The van der Waals surface area contributed by atoms with Gasteiger partial charge in [-0.15, -0.1) is 0 Å². The van der Waals surface area contributed by atoms with Gasteiger partial charge in [0.25, 0.3) is 5.91 Å². The number of amides is 1. The SMILES string of the molecule is Cc1cc(C(=O)N[C@@H](Cc2ccccc2)C(=O)O)no1. The second-order valence-electron chi connectivity index (χ2n) is 4.38. The van der Waals surface area contributed by atoms with Crippen molar-refractivity contribution in [2.75, 3.05) is 0 Å². The molecule has 1 atom stereocenters. The van der Waals surface area contributed by atoms with E-state index < -0.39 is 17.9 Å². The van der Waals surface area contributed by atoms with Crippen molar-refractivity contribution in [2.24, 2.45) is 0 Å². The Bertz CT molecular complexity index is 607. The molecule has 2 aromatic rings. The van der Waals surface area contributed by atoms with Gasteiger partial charge in [0.2, 0.25) is 0 Å². The fourth-order valence-corrected chi connectivity index (χ4v) is 1.76. The summed E-state index contributed by atoms with van der Waals surface area (Å²) in [6, 6.07) is 9.54. The van der Waals surface area contributed by atoms with Crippen molar-refractivity contribution in [3.8, 4) is 0 Å². The van der Waals surface area contributed by atoms with E-state index in [4.69, 9.17) is 4.52 Å². The van der Waals surface area contributed by atoms with Gasteiger partial charge in [-0.2, -0.15) is 0 Å². The lowest BCUT2D eigenvalue weighted by Gasteiger charge is -2.13. The number of aliphatic carboxylic acids is 1. The summed E-state index contributed by atoms with van der Waals surface area (Å²) in [7, 11) is 0. The van der Waals surface area contributed by atoms with Gasteiger partial charge in [-0.05, 0) is 12.5 Å². The molecular weight excluding hydrogens is 260 g/mol. The second kappa shape index (κ2) is 6.01. The first kappa shape index (κ1) is 13.8. The Kier molecular flexibility index (Phi) is 4.14. The van der Waals surface area contributed by atoms with Crippen LogP contribution in [0.3, 0.4) is 0 Å². The minimum Gasteiger partial charge on any atom is -0.480 e. The quantitative estimate of drug-likeness (QED) is 0.860. The van der Waals surface area contributed by atoms with E-state index in [2.05, 4.69) is 10.5 Å². The largest absolute Gasteiger partial charge is 0.480 e. The molecule has 20 heavy (non-hydrogen) atoms. The summed E-state index contributed by atoms with van der Waals surface area (Å²) in [6.45, 7) is 1.66. The Morgan fingerprint density at radius 2 is 2.05 bits per heavy atom. The Labute approximate surface area is 115 Å². The lowest BCUT2D eigenvalue weighted by Crippen LogP contribution is -2.42. The zero-order valence-corrected chi connectivity index (χ0v) is 10.9. The van der Waals surface area contributed by atoms with E-state index in [0.29, 0.717) is 5.76 Å². The minimum atomic E-state index is -1.09. The van der Waals surface area contributed by atoms with Gasteiger partial charge in [-0.3, -0.25) is 4.79 Å². The Balaban J connectivity index is 2.06. The number of benzene rings is 1. The van der Waals surface area contributed by atoms with Gasteiger partial charge in [-0.1, -0.05) is 35.5 Å². The molecule has 0 fully saturated rings. The molecule has 1 amide bonds. The highest BCUT2D eigenvalue weighted by atomic mass is 16.5. The van der Waals surface area contributed by atoms with Crippen molar-refractivity contribution in [3.05, 3.63) is 53.4 Å². The topological polar surface area (TPSA) is 92.4 Å². The van der Waals surface area contributed by atoms with Gasteiger partial charge in [0.1, 0.15) is 11.8 Å². The van der Waals surface area contributed by atoms with E-state index in [0.717, 1.165) is 5.56 Å². The molecule has 0 radical (unpaired) electrons. The Morgan fingerprint density at radius 1 is 1.35 bits per heavy atom. The van der Waals surface area contributed by atoms with Crippen LogP contribution in [0, 0.1) is 6.92 Å². The van der Waals surface area contributed by atoms with Crippen molar-refractivity contribution in [2.45, 2.75) is 19.4 Å². The summed E-state index contributed by atoms with van der Waals surface area (Å²) in [5.41, 5.74) is 0.901. The molecule has 6 nitrogen and oxygen atoms in total. The average Bonchev–Trinajstić information content (AvgIpc) is 2.86. The minimum absolute atomic E-state index is 0.0711. The smallest absolute Gasteiger partial charge is 0.326 e. The van der Waals surface area contributed by atoms with Gasteiger partial charge in [0.05, 0.1) is 0 Å². The summed E-state index contributed by atoms with van der Waals surface area (Å²) < 4.78 is 4.79. The van der Waals surface area contributed by atoms with Crippen LogP contribution in [0.15, 0.2) is 40.9 Å². The predicted molar refractivity (Wildman–Crippen MR) is 70.3 cm³/mol. The lowest BCUT2D eigenvalue weighted by molar-refractivity contribution is -0.139. The maximum Gasteiger partial charge on any atom is 0.326 e. The molecule has 1 heterocycles. The summed E-state index contributed by atoms with van der Waals surface area (Å²) in [4.78, 5) is 23.1. The average molecular weight is 274 g/mol. The van der Waals surface area contributed by atoms with Gasteiger partial charge >= 0.3 is 5.97 Å². The standard InChI is InChI=1S/C14H14N2O4/c1-9-7-11(16-20-9)13(17)15-12(14(18)19)8-10-5-3-2-4-6-10/h2-7,12H,8H2,1H3,(H,15,17)(H,18,19)/t12-/m0/s1. The first-order chi connectivity index (χ1) is 9.56. The van der Waals surface area contributed by atoms with Crippen molar-refractivity contribution in [3.63, 3.8) is 0 Å². The summed E-state index contributed by atoms with van der Waals surface area (Å²) in [5, 5.41) is 15.2. The van der Waals surface area contributed by atoms with E-state index >= 15 is 0 Å². The summed E-state index contributed by atoms with van der Waals surface area (Å²) >= 11 is 0. The van der Waals surface area contributed by atoms with Crippen LogP contribution in [0.1, 0.15) is 21.8 Å². The Morgan fingerprint density at radius 3 is 2.60 bits per heavy atom. The molecule has 1 aromatic carbocycles. The number of aromatic nitrogens is 1. The molecule has 2 rings (SSSR count). The van der Waals surface area contributed by atoms with Crippen LogP contribution in [-0.4, -0.2) is 28.2 Å². The highest BCUT2D eigenvalue weighted by Crippen LogP contribution is 2.06. The molecular formula is C14H14N2O4. The molecule has 6 heteroatoms. The normalized spacial score (nSPS) is 11.8. The number of carboxylic acid groups (broad SMARTS) is 1. The maximum absolute atomic E-state index is 11.9. The van der Waals surface area contributed by atoms with Crippen LogP contribution in [0.4, 0.5) is 0 Å². The fraction of sp³-hybridized carbons (Fsp3) is 0.214. The monoisotopic (exact) mass is 274 g/mol. The maximum atomic E-state index is 11.9. The van der Waals surface area contributed by atoms with Crippen molar-refractivity contribution >= 4 is 11.9 Å². The molecule has 0 spiro atoms. The number of nitrogens with one attached hydrogen (secondary N) is 1. The third kappa shape index (κ3) is 3.44. The number of carboxylic acids is 1. The zero-order valence-electron chi connectivity index (χ0n) is 10.9. The van der Waals surface area contributed by atoms with E-state index in [9.17, 15) is 14.7 Å². The van der Waals surface area contributed by atoms with E-state index in [1.165, 1.54) is 6.07 Å². The molecule has 0 aliphatic rings. The summed E-state index contributed by atoms with van der Waals surface area (Å²) in [5.74, 6) is -1.17. The number of aryl methyl sites for hydroxylation is 1. The number of rotatable bonds is 5. The van der Waals surface area contributed by atoms with Crippen LogP contribution in [0.25, 0.3) is 0 Å². The lowest BCUT2D eigenvalue weighted by atomic mass is 10.1. The van der Waals surface area contributed by atoms with Crippen LogP contribution < -0.4 is 5.32 Å². The third-order valence-electron chi connectivity index (χ3n) is 2.75. The van der Waals surface area contributed by atoms with Crippen LogP contribution >= 0.6 is 0 Å². The number of carbonyl (C=O) groups is 2. The van der Waals surface area contributed by atoms with Crippen molar-refractivity contribution in [1.82, 2.24) is 10.5 Å². The second-order valence-corrected chi connectivity index (χ2v) is 4.38. The molecule has 0 saturated heterocycles. The molecule has 0 aliphatic carbocycles. The number of hydrogen-bond acceptors (Lipinski definition) is 4. The number of hydrogen-bond donors (Lipinski definition) is 2. The predicted octanol–water partition coefficient (Wildman–Crippen LogP) is 1.41. The molecule has 2 N–H and O–H groups in total. The molecule has 104 valence electrons. The van der Waals surface area contributed by atoms with Crippen molar-refractivity contribution < 1.29 is 19.2 Å². The summed E-state index contributed by atoms with van der Waals surface area (Å²) in [6.07, 6.45) is 0.207. The van der Waals surface area contributed by atoms with Gasteiger partial charge in [-0.25, -0.2) is 4.79 Å². The number of carbonyl (C=O) groups excluding carboxylic acids is 1. The van der Waals surface area contributed by atoms with E-state index in [1.54, 1.807) is 6.92 Å². The highest BCUT2D eigenvalue weighted by Gasteiger charge is 2.22.